The number of hydrogen-bond acceptors (Lipinski definition) is 5. The molecular weight excluding hydrogens is 304 g/mol. The van der Waals surface area contributed by atoms with Gasteiger partial charge < -0.3 is 9.80 Å². The van der Waals surface area contributed by atoms with Crippen molar-refractivity contribution in [2.24, 2.45) is 11.3 Å². The summed E-state index contributed by atoms with van der Waals surface area (Å²) >= 11 is 1.81. The van der Waals surface area contributed by atoms with Gasteiger partial charge in [-0.3, -0.25) is 0 Å². The molecule has 0 aromatic carbocycles. The molecule has 124 valence electrons. The summed E-state index contributed by atoms with van der Waals surface area (Å²) in [6.07, 6.45) is 4.12. The van der Waals surface area contributed by atoms with Crippen LogP contribution >= 0.6 is 11.3 Å². The van der Waals surface area contributed by atoms with Gasteiger partial charge in [0.1, 0.15) is 17.0 Å². The molecule has 5 heteroatoms. The molecule has 0 saturated carbocycles. The molecular formula is C18H26N4S. The lowest BCUT2D eigenvalue weighted by molar-refractivity contribution is 0.00995. The van der Waals surface area contributed by atoms with Crippen LogP contribution in [0.25, 0.3) is 10.2 Å². The topological polar surface area (TPSA) is 32.3 Å². The summed E-state index contributed by atoms with van der Waals surface area (Å²) in [5, 5.41) is 1.25. The summed E-state index contributed by atoms with van der Waals surface area (Å²) in [4.78, 5) is 16.8. The number of hydrogen-bond donors (Lipinski definition) is 0. The monoisotopic (exact) mass is 330 g/mol. The standard InChI is InChI=1S/C18H26N4S/c1-4-14-7-15-16(19-12-20-17(15)23-14)22-6-5-18(11-22)9-21(10-18)8-13(2)3/h7,12-13H,4-6,8-11H2,1-3H3. The molecule has 2 aliphatic heterocycles. The Bertz CT molecular complexity index is 702. The average molecular weight is 331 g/mol. The van der Waals surface area contributed by atoms with Crippen LogP contribution in [0.15, 0.2) is 12.4 Å². The Hall–Kier alpha value is -1.20. The third-order valence-corrected chi connectivity index (χ3v) is 6.37. The summed E-state index contributed by atoms with van der Waals surface area (Å²) in [5.41, 5.74) is 0.510. The van der Waals surface area contributed by atoms with Crippen LogP contribution in [0.2, 0.25) is 0 Å². The van der Waals surface area contributed by atoms with Gasteiger partial charge in [0.25, 0.3) is 0 Å². The molecule has 0 amide bonds. The summed E-state index contributed by atoms with van der Waals surface area (Å²) < 4.78 is 0. The molecule has 2 aliphatic rings. The molecule has 23 heavy (non-hydrogen) atoms. The maximum absolute atomic E-state index is 4.64. The quantitative estimate of drug-likeness (QED) is 0.860. The van der Waals surface area contributed by atoms with Crippen molar-refractivity contribution in [3.8, 4) is 0 Å². The third kappa shape index (κ3) is 2.74. The first kappa shape index (κ1) is 15.3. The van der Waals surface area contributed by atoms with Gasteiger partial charge in [-0.15, -0.1) is 11.3 Å². The van der Waals surface area contributed by atoms with Crippen molar-refractivity contribution in [1.29, 1.82) is 0 Å². The molecule has 2 aromatic rings. The number of aryl methyl sites for hydroxylation is 1. The number of fused-ring (bicyclic) bond motifs is 1. The predicted octanol–water partition coefficient (Wildman–Crippen LogP) is 3.42. The second-order valence-corrected chi connectivity index (χ2v) is 8.83. The van der Waals surface area contributed by atoms with Gasteiger partial charge in [-0.05, 0) is 24.8 Å². The first-order chi connectivity index (χ1) is 11.1. The molecule has 4 heterocycles. The minimum absolute atomic E-state index is 0.510. The van der Waals surface area contributed by atoms with Crippen LogP contribution in [0.5, 0.6) is 0 Å². The maximum atomic E-state index is 4.64. The SMILES string of the molecule is CCc1cc2c(N3CCC4(CN(CC(C)C)C4)C3)ncnc2s1. The fourth-order valence-electron chi connectivity index (χ4n) is 4.24. The Kier molecular flexibility index (Phi) is 3.81. The van der Waals surface area contributed by atoms with Crippen LogP contribution in [0.3, 0.4) is 0 Å². The zero-order valence-electron chi connectivity index (χ0n) is 14.4. The summed E-state index contributed by atoms with van der Waals surface area (Å²) in [6.45, 7) is 12.9. The molecule has 0 aliphatic carbocycles. The van der Waals surface area contributed by atoms with E-state index in [1.165, 1.54) is 36.3 Å². The molecule has 2 aromatic heterocycles. The Morgan fingerprint density at radius 1 is 1.26 bits per heavy atom. The smallest absolute Gasteiger partial charge is 0.140 e. The lowest BCUT2D eigenvalue weighted by Gasteiger charge is -2.48. The number of rotatable bonds is 4. The third-order valence-electron chi connectivity index (χ3n) is 5.19. The van der Waals surface area contributed by atoms with E-state index in [4.69, 9.17) is 0 Å². The van der Waals surface area contributed by atoms with E-state index in [1.807, 2.05) is 11.3 Å². The van der Waals surface area contributed by atoms with Crippen LogP contribution in [-0.4, -0.2) is 47.6 Å². The van der Waals surface area contributed by atoms with E-state index in [2.05, 4.69) is 46.6 Å². The van der Waals surface area contributed by atoms with Crippen LogP contribution in [0.4, 0.5) is 5.82 Å². The first-order valence-corrected chi connectivity index (χ1v) is 9.61. The van der Waals surface area contributed by atoms with Crippen molar-refractivity contribution in [2.75, 3.05) is 37.6 Å². The van der Waals surface area contributed by atoms with E-state index in [0.29, 0.717) is 5.41 Å². The molecule has 4 nitrogen and oxygen atoms in total. The molecule has 2 saturated heterocycles. The fourth-order valence-corrected chi connectivity index (χ4v) is 5.17. The van der Waals surface area contributed by atoms with Crippen molar-refractivity contribution < 1.29 is 0 Å². The van der Waals surface area contributed by atoms with Gasteiger partial charge in [-0.1, -0.05) is 20.8 Å². The number of nitrogens with zero attached hydrogens (tertiary/aromatic N) is 4. The Labute approximate surface area is 142 Å². The zero-order chi connectivity index (χ0) is 16.0. The molecule has 0 radical (unpaired) electrons. The zero-order valence-corrected chi connectivity index (χ0v) is 15.2. The van der Waals surface area contributed by atoms with Gasteiger partial charge in [0.2, 0.25) is 0 Å². The molecule has 0 bridgehead atoms. The highest BCUT2D eigenvalue weighted by Crippen LogP contribution is 2.42. The van der Waals surface area contributed by atoms with Crippen molar-refractivity contribution in [1.82, 2.24) is 14.9 Å². The van der Waals surface area contributed by atoms with Crippen molar-refractivity contribution in [2.45, 2.75) is 33.6 Å². The molecule has 0 atom stereocenters. The van der Waals surface area contributed by atoms with Gasteiger partial charge in [0.15, 0.2) is 0 Å². The fraction of sp³-hybridized carbons (Fsp3) is 0.667. The predicted molar refractivity (Wildman–Crippen MR) is 97.3 cm³/mol. The Morgan fingerprint density at radius 3 is 2.83 bits per heavy atom. The van der Waals surface area contributed by atoms with Gasteiger partial charge in [0.05, 0.1) is 5.39 Å². The number of anilines is 1. The van der Waals surface area contributed by atoms with Crippen molar-refractivity contribution in [3.63, 3.8) is 0 Å². The molecule has 0 N–H and O–H groups in total. The number of thiophene rings is 1. The molecule has 4 rings (SSSR count). The van der Waals surface area contributed by atoms with Gasteiger partial charge >= 0.3 is 0 Å². The van der Waals surface area contributed by atoms with E-state index >= 15 is 0 Å². The van der Waals surface area contributed by atoms with E-state index < -0.39 is 0 Å². The Morgan fingerprint density at radius 2 is 2.09 bits per heavy atom. The normalized spacial score (nSPS) is 20.8. The second kappa shape index (κ2) is 5.71. The van der Waals surface area contributed by atoms with Gasteiger partial charge in [-0.25, -0.2) is 9.97 Å². The first-order valence-electron chi connectivity index (χ1n) is 8.79. The maximum Gasteiger partial charge on any atom is 0.140 e. The highest BCUT2D eigenvalue weighted by molar-refractivity contribution is 7.18. The Balaban J connectivity index is 1.51. The summed E-state index contributed by atoms with van der Waals surface area (Å²) in [6, 6.07) is 2.30. The largest absolute Gasteiger partial charge is 0.355 e. The number of likely N-dealkylation sites (tertiary alicyclic amines) is 1. The van der Waals surface area contributed by atoms with Crippen LogP contribution in [0, 0.1) is 11.3 Å². The lowest BCUT2D eigenvalue weighted by Crippen LogP contribution is -2.58. The van der Waals surface area contributed by atoms with E-state index in [-0.39, 0.29) is 0 Å². The average Bonchev–Trinajstić information content (AvgIpc) is 3.09. The minimum Gasteiger partial charge on any atom is -0.355 e. The van der Waals surface area contributed by atoms with E-state index in [1.54, 1.807) is 6.33 Å². The van der Waals surface area contributed by atoms with Crippen molar-refractivity contribution >= 4 is 27.4 Å². The highest BCUT2D eigenvalue weighted by Gasteiger charge is 2.47. The molecule has 1 spiro atoms. The van der Waals surface area contributed by atoms with Gasteiger partial charge in [-0.2, -0.15) is 0 Å². The van der Waals surface area contributed by atoms with Crippen LogP contribution < -0.4 is 4.90 Å². The van der Waals surface area contributed by atoms with E-state index in [0.717, 1.165) is 36.1 Å². The lowest BCUT2D eigenvalue weighted by atomic mass is 9.78. The highest BCUT2D eigenvalue weighted by atomic mass is 32.1. The van der Waals surface area contributed by atoms with E-state index in [9.17, 15) is 0 Å². The van der Waals surface area contributed by atoms with Gasteiger partial charge in [0, 0.05) is 43.0 Å². The molecule has 0 unspecified atom stereocenters. The minimum atomic E-state index is 0.510. The van der Waals surface area contributed by atoms with Crippen molar-refractivity contribution in [3.05, 3.63) is 17.3 Å². The van der Waals surface area contributed by atoms with Crippen LogP contribution in [0.1, 0.15) is 32.1 Å². The number of aromatic nitrogens is 2. The molecule has 2 fully saturated rings. The summed E-state index contributed by atoms with van der Waals surface area (Å²) in [7, 11) is 0. The summed E-state index contributed by atoms with van der Waals surface area (Å²) in [5.74, 6) is 1.93. The second-order valence-electron chi connectivity index (χ2n) is 7.72. The van der Waals surface area contributed by atoms with Crippen LogP contribution in [-0.2, 0) is 6.42 Å².